The van der Waals surface area contributed by atoms with Gasteiger partial charge in [0.2, 0.25) is 0 Å². The Morgan fingerprint density at radius 2 is 2.11 bits per heavy atom. The maximum atomic E-state index is 12.6. The third kappa shape index (κ3) is 5.32. The van der Waals surface area contributed by atoms with Gasteiger partial charge in [-0.05, 0) is 56.7 Å². The van der Waals surface area contributed by atoms with E-state index in [1.807, 2.05) is 48.8 Å². The summed E-state index contributed by atoms with van der Waals surface area (Å²) in [5.41, 5.74) is 4.15. The highest BCUT2D eigenvalue weighted by atomic mass is 16.5. The number of nitrogens with zero attached hydrogens (tertiary/aromatic N) is 3. The van der Waals surface area contributed by atoms with Crippen LogP contribution in [0.25, 0.3) is 16.8 Å². The molecule has 9 nitrogen and oxygen atoms in total. The number of aryl methyl sites for hydroxylation is 1. The van der Waals surface area contributed by atoms with E-state index in [-0.39, 0.29) is 11.9 Å². The topological polar surface area (TPSA) is 113 Å². The highest BCUT2D eigenvalue weighted by Crippen LogP contribution is 2.30. The molecule has 3 atom stereocenters. The molecule has 5 rings (SSSR count). The molecule has 9 heteroatoms. The Morgan fingerprint density at radius 1 is 1.28 bits per heavy atom. The first-order valence-corrected chi connectivity index (χ1v) is 13.0. The number of aromatic nitrogens is 3. The smallest absolute Gasteiger partial charge is 0.251 e. The van der Waals surface area contributed by atoms with E-state index in [0.29, 0.717) is 29.0 Å². The Labute approximate surface area is 211 Å². The number of fused-ring (bicyclic) bond motifs is 1. The number of nitrogens with one attached hydrogen (secondary N) is 3. The molecule has 1 saturated carbocycles. The molecule has 1 saturated heterocycles. The van der Waals surface area contributed by atoms with Crippen LogP contribution < -0.4 is 16.0 Å². The predicted molar refractivity (Wildman–Crippen MR) is 140 cm³/mol. The lowest BCUT2D eigenvalue weighted by atomic mass is 10.0. The molecule has 0 unspecified atom stereocenters. The molecule has 1 aromatic carbocycles. The summed E-state index contributed by atoms with van der Waals surface area (Å²) >= 11 is 0. The number of rotatable bonds is 10. The number of hydrogen-bond donors (Lipinski definition) is 4. The van der Waals surface area contributed by atoms with Gasteiger partial charge in [-0.3, -0.25) is 4.79 Å². The zero-order valence-corrected chi connectivity index (χ0v) is 21.3. The van der Waals surface area contributed by atoms with E-state index in [1.165, 1.54) is 0 Å². The van der Waals surface area contributed by atoms with Crippen LogP contribution in [0, 0.1) is 12.8 Å². The summed E-state index contributed by atoms with van der Waals surface area (Å²) in [5, 5.41) is 24.8. The predicted octanol–water partition coefficient (Wildman–Crippen LogP) is 3.62. The number of aliphatic hydroxyl groups is 1. The minimum atomic E-state index is -0.513. The maximum absolute atomic E-state index is 12.6. The van der Waals surface area contributed by atoms with Crippen LogP contribution in [0.1, 0.15) is 55.5 Å². The Balaban J connectivity index is 1.49. The number of amides is 1. The molecule has 0 radical (unpaired) electrons. The van der Waals surface area contributed by atoms with Crippen LogP contribution >= 0.6 is 0 Å². The molecule has 2 aliphatic rings. The van der Waals surface area contributed by atoms with Crippen molar-refractivity contribution < 1.29 is 14.6 Å². The zero-order valence-electron chi connectivity index (χ0n) is 21.3. The monoisotopic (exact) mass is 492 g/mol. The third-order valence-corrected chi connectivity index (χ3v) is 7.12. The van der Waals surface area contributed by atoms with Crippen LogP contribution in [-0.2, 0) is 4.74 Å². The van der Waals surface area contributed by atoms with Crippen molar-refractivity contribution in [3.63, 3.8) is 0 Å². The fraction of sp³-hybridized carbons (Fsp3) is 0.519. The van der Waals surface area contributed by atoms with Crippen molar-refractivity contribution in [2.75, 3.05) is 30.4 Å². The van der Waals surface area contributed by atoms with Gasteiger partial charge in [0, 0.05) is 42.3 Å². The van der Waals surface area contributed by atoms with Crippen LogP contribution in [0.3, 0.4) is 0 Å². The first kappa shape index (κ1) is 24.5. The number of anilines is 2. The summed E-state index contributed by atoms with van der Waals surface area (Å²) in [6, 6.07) is 8.01. The lowest BCUT2D eigenvalue weighted by Gasteiger charge is -2.21. The van der Waals surface area contributed by atoms with Crippen molar-refractivity contribution in [1.82, 2.24) is 19.9 Å². The van der Waals surface area contributed by atoms with Gasteiger partial charge in [0.05, 0.1) is 24.9 Å². The second-order valence-corrected chi connectivity index (χ2v) is 10.1. The summed E-state index contributed by atoms with van der Waals surface area (Å²) in [4.78, 5) is 17.5. The molecular formula is C27H36N6O3. The second-order valence-electron chi connectivity index (χ2n) is 10.1. The minimum Gasteiger partial charge on any atom is -0.391 e. The number of carbonyl (C=O) groups is 1. The molecule has 2 aromatic heterocycles. The summed E-state index contributed by atoms with van der Waals surface area (Å²) in [5.74, 6) is 1.95. The molecule has 3 aromatic rings. The van der Waals surface area contributed by atoms with Crippen molar-refractivity contribution in [3.05, 3.63) is 41.6 Å². The Bertz CT molecular complexity index is 1230. The van der Waals surface area contributed by atoms with Gasteiger partial charge in [-0.15, -0.1) is 0 Å². The average Bonchev–Trinajstić information content (AvgIpc) is 3.33. The molecular weight excluding hydrogens is 456 g/mol. The van der Waals surface area contributed by atoms with Crippen LogP contribution in [0.2, 0.25) is 0 Å². The summed E-state index contributed by atoms with van der Waals surface area (Å²) in [6.45, 7) is 8.13. The molecule has 3 heterocycles. The maximum Gasteiger partial charge on any atom is 0.251 e. The van der Waals surface area contributed by atoms with Gasteiger partial charge < -0.3 is 25.8 Å². The SMILES string of the molecule is CC[C@H](Nc1cc(NC[C@@H]2CCOC2)n2ncc(-c3ccc(C(=O)NC4CC4)c(C)c3)c2n1)[C@H](C)O. The fourth-order valence-electron chi connectivity index (χ4n) is 4.69. The number of benzene rings is 1. The van der Waals surface area contributed by atoms with E-state index in [9.17, 15) is 9.90 Å². The quantitative estimate of drug-likeness (QED) is 0.342. The minimum absolute atomic E-state index is 0.0165. The van der Waals surface area contributed by atoms with Gasteiger partial charge in [0.15, 0.2) is 5.65 Å². The van der Waals surface area contributed by atoms with E-state index >= 15 is 0 Å². The summed E-state index contributed by atoms with van der Waals surface area (Å²) in [7, 11) is 0. The standard InChI is InChI=1S/C27H36N6O3/c1-4-23(17(3)34)31-24-12-25(28-13-18-9-10-36-15-18)33-26(32-24)22(14-29-33)19-5-8-21(16(2)11-19)27(35)30-20-6-7-20/h5,8,11-12,14,17-18,20,23,28,34H,4,6-7,9-10,13,15H2,1-3H3,(H,30,35)(H,31,32)/t17-,18-,23-/m0/s1. The number of ether oxygens (including phenoxy) is 1. The molecule has 1 aliphatic heterocycles. The second kappa shape index (κ2) is 10.4. The highest BCUT2D eigenvalue weighted by Gasteiger charge is 2.25. The van der Waals surface area contributed by atoms with Gasteiger partial charge in [0.1, 0.15) is 11.6 Å². The van der Waals surface area contributed by atoms with Gasteiger partial charge in [-0.2, -0.15) is 9.61 Å². The van der Waals surface area contributed by atoms with Crippen LogP contribution in [-0.4, -0.2) is 63.6 Å². The Kier molecular flexibility index (Phi) is 7.11. The Hall–Kier alpha value is -3.17. The van der Waals surface area contributed by atoms with Crippen molar-refractivity contribution >= 4 is 23.2 Å². The lowest BCUT2D eigenvalue weighted by Crippen LogP contribution is -2.31. The van der Waals surface area contributed by atoms with Crippen molar-refractivity contribution in [2.45, 2.75) is 64.6 Å². The summed E-state index contributed by atoms with van der Waals surface area (Å²) in [6.07, 6.45) is 5.23. The number of aliphatic hydroxyl groups excluding tert-OH is 1. The fourth-order valence-corrected chi connectivity index (χ4v) is 4.69. The van der Waals surface area contributed by atoms with E-state index in [4.69, 9.17) is 9.72 Å². The number of hydrogen-bond acceptors (Lipinski definition) is 7. The van der Waals surface area contributed by atoms with Crippen LogP contribution in [0.15, 0.2) is 30.5 Å². The van der Waals surface area contributed by atoms with E-state index in [0.717, 1.165) is 68.0 Å². The van der Waals surface area contributed by atoms with Gasteiger partial charge in [-0.1, -0.05) is 19.1 Å². The Morgan fingerprint density at radius 3 is 2.78 bits per heavy atom. The zero-order chi connectivity index (χ0) is 25.2. The van der Waals surface area contributed by atoms with Crippen molar-refractivity contribution in [1.29, 1.82) is 0 Å². The van der Waals surface area contributed by atoms with Gasteiger partial charge in [-0.25, -0.2) is 4.98 Å². The van der Waals surface area contributed by atoms with Gasteiger partial charge >= 0.3 is 0 Å². The van der Waals surface area contributed by atoms with E-state index in [2.05, 4.69) is 21.0 Å². The normalized spacial score (nSPS) is 19.3. The van der Waals surface area contributed by atoms with Crippen LogP contribution in [0.5, 0.6) is 0 Å². The molecule has 36 heavy (non-hydrogen) atoms. The van der Waals surface area contributed by atoms with Crippen molar-refractivity contribution in [3.8, 4) is 11.1 Å². The molecule has 1 aliphatic carbocycles. The molecule has 4 N–H and O–H groups in total. The molecule has 1 amide bonds. The summed E-state index contributed by atoms with van der Waals surface area (Å²) < 4.78 is 7.35. The third-order valence-electron chi connectivity index (χ3n) is 7.12. The molecule has 0 spiro atoms. The first-order chi connectivity index (χ1) is 17.4. The highest BCUT2D eigenvalue weighted by molar-refractivity contribution is 5.97. The van der Waals surface area contributed by atoms with Crippen LogP contribution in [0.4, 0.5) is 11.6 Å². The molecule has 2 fully saturated rings. The lowest BCUT2D eigenvalue weighted by molar-refractivity contribution is 0.0950. The molecule has 0 bridgehead atoms. The average molecular weight is 493 g/mol. The first-order valence-electron chi connectivity index (χ1n) is 13.0. The largest absolute Gasteiger partial charge is 0.391 e. The van der Waals surface area contributed by atoms with E-state index < -0.39 is 6.10 Å². The van der Waals surface area contributed by atoms with E-state index in [1.54, 1.807) is 6.92 Å². The number of carbonyl (C=O) groups excluding carboxylic acids is 1. The van der Waals surface area contributed by atoms with Gasteiger partial charge in [0.25, 0.3) is 5.91 Å². The molecule has 192 valence electrons. The van der Waals surface area contributed by atoms with Crippen molar-refractivity contribution in [2.24, 2.45) is 5.92 Å².